The highest BCUT2D eigenvalue weighted by Gasteiger charge is 2.29. The minimum Gasteiger partial charge on any atom is -0.494 e. The van der Waals surface area contributed by atoms with Crippen LogP contribution in [-0.4, -0.2) is 50.0 Å². The highest BCUT2D eigenvalue weighted by atomic mass is 16.5. The molecule has 224 valence electrons. The van der Waals surface area contributed by atoms with Gasteiger partial charge in [0.1, 0.15) is 5.75 Å². The van der Waals surface area contributed by atoms with Crippen LogP contribution in [0.2, 0.25) is 0 Å². The molecule has 9 nitrogen and oxygen atoms in total. The van der Waals surface area contributed by atoms with Crippen LogP contribution in [0.1, 0.15) is 37.4 Å². The van der Waals surface area contributed by atoms with E-state index in [1.165, 1.54) is 36.0 Å². The number of carbonyl (C=O) groups is 1. The molecule has 9 heteroatoms. The second-order valence-electron chi connectivity index (χ2n) is 12.0. The van der Waals surface area contributed by atoms with Crippen molar-refractivity contribution in [1.82, 2.24) is 19.3 Å². The maximum Gasteiger partial charge on any atom is 0.262 e. The summed E-state index contributed by atoms with van der Waals surface area (Å²) in [5.41, 5.74) is 8.68. The Morgan fingerprint density at radius 3 is 2.66 bits per heavy atom. The van der Waals surface area contributed by atoms with Crippen LogP contribution in [0, 0.1) is 0 Å². The number of hydrogen-bond acceptors (Lipinski definition) is 5. The van der Waals surface area contributed by atoms with Gasteiger partial charge >= 0.3 is 0 Å². The molecule has 44 heavy (non-hydrogen) atoms. The average Bonchev–Trinajstić information content (AvgIpc) is 3.72. The van der Waals surface area contributed by atoms with Gasteiger partial charge in [0.05, 0.1) is 16.6 Å². The lowest BCUT2D eigenvalue weighted by Gasteiger charge is -2.28. The number of carbonyl (C=O) groups excluding carboxylic acids is 1. The molecule has 3 aromatic heterocycles. The summed E-state index contributed by atoms with van der Waals surface area (Å²) in [6, 6.07) is 14.1. The van der Waals surface area contributed by atoms with Gasteiger partial charge in [0, 0.05) is 83.3 Å². The first kappa shape index (κ1) is 26.7. The lowest BCUT2D eigenvalue weighted by molar-refractivity contribution is -0.118. The number of aromatic hydroxyl groups is 1. The van der Waals surface area contributed by atoms with Crippen LogP contribution in [-0.2, 0) is 31.2 Å². The standard InChI is InChI=1S/C35H36N6O3/c1-3-41-29-14-11-23(44-20-30(42)37-21-7-9-22(10-8-21)40-15-5-4-6-16-40)17-25(29)32-26-18-36-35(43)33(26)31-24(34(32)41)12-13-28-27(31)19-39(2)38-28/h7-11,14,17-19,36,43H,3-6,12-13,15-16,20H2,1-2H3,(H,37,42). The zero-order chi connectivity index (χ0) is 29.9. The molecule has 0 saturated carbocycles. The summed E-state index contributed by atoms with van der Waals surface area (Å²) < 4.78 is 10.3. The molecule has 0 radical (unpaired) electrons. The normalized spacial score (nSPS) is 14.7. The molecule has 0 unspecified atom stereocenters. The Hall–Kier alpha value is -4.92. The van der Waals surface area contributed by atoms with Crippen molar-refractivity contribution >= 4 is 49.9 Å². The number of hydrogen-bond donors (Lipinski definition) is 3. The first-order valence-corrected chi connectivity index (χ1v) is 15.6. The molecule has 1 fully saturated rings. The third kappa shape index (κ3) is 4.21. The van der Waals surface area contributed by atoms with E-state index in [9.17, 15) is 9.90 Å². The van der Waals surface area contributed by atoms with Gasteiger partial charge < -0.3 is 29.6 Å². The largest absolute Gasteiger partial charge is 0.494 e. The van der Waals surface area contributed by atoms with Crippen LogP contribution in [0.4, 0.5) is 11.4 Å². The molecular formula is C35H36N6O3. The number of ether oxygens (including phenoxy) is 1. The number of anilines is 2. The van der Waals surface area contributed by atoms with Gasteiger partial charge in [-0.15, -0.1) is 0 Å². The van der Waals surface area contributed by atoms with Crippen LogP contribution < -0.4 is 15.0 Å². The highest BCUT2D eigenvalue weighted by molar-refractivity contribution is 6.26. The lowest BCUT2D eigenvalue weighted by atomic mass is 9.85. The van der Waals surface area contributed by atoms with Crippen molar-refractivity contribution in [2.75, 3.05) is 29.9 Å². The fourth-order valence-electron chi connectivity index (χ4n) is 7.44. The summed E-state index contributed by atoms with van der Waals surface area (Å²) in [6.45, 7) is 5.05. The summed E-state index contributed by atoms with van der Waals surface area (Å²) in [5, 5.41) is 22.6. The predicted molar refractivity (Wildman–Crippen MR) is 175 cm³/mol. The fourth-order valence-corrected chi connectivity index (χ4v) is 7.44. The monoisotopic (exact) mass is 588 g/mol. The summed E-state index contributed by atoms with van der Waals surface area (Å²) in [7, 11) is 1.95. The fraction of sp³-hybridized carbons (Fsp3) is 0.314. The number of H-pyrrole nitrogens is 1. The first-order chi connectivity index (χ1) is 21.5. The van der Waals surface area contributed by atoms with Gasteiger partial charge in [-0.25, -0.2) is 0 Å². The molecule has 2 aliphatic rings. The van der Waals surface area contributed by atoms with Crippen LogP contribution in [0.25, 0.3) is 43.7 Å². The molecule has 3 aromatic carbocycles. The van der Waals surface area contributed by atoms with Crippen LogP contribution in [0.3, 0.4) is 0 Å². The zero-order valence-corrected chi connectivity index (χ0v) is 25.1. The van der Waals surface area contributed by atoms with Gasteiger partial charge in [-0.3, -0.25) is 9.48 Å². The van der Waals surface area contributed by atoms with Crippen molar-refractivity contribution in [2.45, 2.75) is 45.6 Å². The zero-order valence-electron chi connectivity index (χ0n) is 25.1. The van der Waals surface area contributed by atoms with Crippen molar-refractivity contribution < 1.29 is 14.6 Å². The van der Waals surface area contributed by atoms with Crippen molar-refractivity contribution in [2.24, 2.45) is 7.05 Å². The average molecular weight is 589 g/mol. The number of amides is 1. The van der Waals surface area contributed by atoms with E-state index in [1.54, 1.807) is 0 Å². The Labute approximate surface area is 255 Å². The number of nitrogens with zero attached hydrogens (tertiary/aromatic N) is 4. The van der Waals surface area contributed by atoms with E-state index in [2.05, 4.69) is 51.1 Å². The number of rotatable bonds is 6. The van der Waals surface area contributed by atoms with Crippen LogP contribution >= 0.6 is 0 Å². The van der Waals surface area contributed by atoms with E-state index in [0.29, 0.717) is 5.75 Å². The van der Waals surface area contributed by atoms with Gasteiger partial charge in [-0.05, 0) is 87.1 Å². The van der Waals surface area contributed by atoms with Gasteiger partial charge in [-0.1, -0.05) is 0 Å². The number of fused-ring (bicyclic) bond motifs is 10. The third-order valence-electron chi connectivity index (χ3n) is 9.35. The predicted octanol–water partition coefficient (Wildman–Crippen LogP) is 6.51. The summed E-state index contributed by atoms with van der Waals surface area (Å²) >= 11 is 0. The molecule has 3 N–H and O–H groups in total. The number of benzene rings is 3. The van der Waals surface area contributed by atoms with E-state index in [4.69, 9.17) is 9.84 Å². The van der Waals surface area contributed by atoms with E-state index in [0.717, 1.165) is 82.0 Å². The topological polar surface area (TPSA) is 100 Å². The SMILES string of the molecule is CCn1c2ccc(OCC(=O)Nc3ccc(N4CCCCC4)cc3)cc2c2c3c[nH]c(O)c3c3c(c21)CCc1nn(C)cc1-3. The number of aromatic nitrogens is 4. The molecule has 6 aromatic rings. The Morgan fingerprint density at radius 1 is 1.05 bits per heavy atom. The highest BCUT2D eigenvalue weighted by Crippen LogP contribution is 2.49. The molecule has 0 spiro atoms. The molecule has 0 bridgehead atoms. The molecule has 1 aliphatic carbocycles. The molecule has 1 amide bonds. The molecular weight excluding hydrogens is 552 g/mol. The second-order valence-corrected chi connectivity index (χ2v) is 12.0. The molecule has 0 atom stereocenters. The lowest BCUT2D eigenvalue weighted by Crippen LogP contribution is -2.29. The quantitative estimate of drug-likeness (QED) is 0.206. The van der Waals surface area contributed by atoms with Crippen molar-refractivity contribution in [3.05, 3.63) is 66.1 Å². The Kier molecular flexibility index (Phi) is 6.29. The summed E-state index contributed by atoms with van der Waals surface area (Å²) in [5.74, 6) is 0.592. The number of aryl methyl sites for hydroxylation is 4. The number of piperidine rings is 1. The molecule has 8 rings (SSSR count). The van der Waals surface area contributed by atoms with E-state index in [1.807, 2.05) is 42.2 Å². The van der Waals surface area contributed by atoms with Crippen molar-refractivity contribution in [3.63, 3.8) is 0 Å². The van der Waals surface area contributed by atoms with E-state index in [-0.39, 0.29) is 18.4 Å². The van der Waals surface area contributed by atoms with Gasteiger partial charge in [0.2, 0.25) is 0 Å². The van der Waals surface area contributed by atoms with Crippen molar-refractivity contribution in [1.29, 1.82) is 0 Å². The molecule has 1 aliphatic heterocycles. The molecule has 4 heterocycles. The van der Waals surface area contributed by atoms with Gasteiger partial charge in [0.25, 0.3) is 5.91 Å². The molecule has 1 saturated heterocycles. The minimum atomic E-state index is -0.203. The minimum absolute atomic E-state index is 0.0919. The third-order valence-corrected chi connectivity index (χ3v) is 9.35. The maximum absolute atomic E-state index is 12.8. The number of aromatic amines is 1. The Balaban J connectivity index is 1.12. The Bertz CT molecular complexity index is 2060. The second kappa shape index (κ2) is 10.4. The van der Waals surface area contributed by atoms with Crippen LogP contribution in [0.5, 0.6) is 11.6 Å². The summed E-state index contributed by atoms with van der Waals surface area (Å²) in [4.78, 5) is 18.3. The smallest absolute Gasteiger partial charge is 0.262 e. The van der Waals surface area contributed by atoms with Gasteiger partial charge in [0.15, 0.2) is 12.5 Å². The number of nitrogens with one attached hydrogen (secondary N) is 2. The van der Waals surface area contributed by atoms with Crippen LogP contribution in [0.15, 0.2) is 54.9 Å². The summed E-state index contributed by atoms with van der Waals surface area (Å²) in [6.07, 6.45) is 9.41. The van der Waals surface area contributed by atoms with E-state index < -0.39 is 0 Å². The van der Waals surface area contributed by atoms with Crippen molar-refractivity contribution in [3.8, 4) is 22.8 Å². The first-order valence-electron chi connectivity index (χ1n) is 15.6. The maximum atomic E-state index is 12.8. The van der Waals surface area contributed by atoms with Gasteiger partial charge in [-0.2, -0.15) is 5.10 Å². The van der Waals surface area contributed by atoms with E-state index >= 15 is 0 Å². The Morgan fingerprint density at radius 2 is 1.86 bits per heavy atom.